The Hall–Kier alpha value is -2.50. The lowest BCUT2D eigenvalue weighted by Crippen LogP contribution is -2.08. The third kappa shape index (κ3) is 2.90. The molecule has 6 heteroatoms. The summed E-state index contributed by atoms with van der Waals surface area (Å²) in [4.78, 5) is 10.9. The summed E-state index contributed by atoms with van der Waals surface area (Å²) in [5, 5.41) is 18.2. The Morgan fingerprint density at radius 2 is 1.70 bits per heavy atom. The summed E-state index contributed by atoms with van der Waals surface area (Å²) in [6, 6.07) is 8.14. The van der Waals surface area contributed by atoms with Crippen molar-refractivity contribution in [1.29, 1.82) is 0 Å². The highest BCUT2D eigenvalue weighted by Crippen LogP contribution is 2.34. The zero-order valence-electron chi connectivity index (χ0n) is 9.98. The van der Waals surface area contributed by atoms with Gasteiger partial charge in [0.1, 0.15) is 5.75 Å². The van der Waals surface area contributed by atoms with Crippen LogP contribution in [0, 0.1) is 0 Å². The number of aromatic hydroxyl groups is 1. The molecule has 0 aliphatic carbocycles. The molecule has 0 amide bonds. The summed E-state index contributed by atoms with van der Waals surface area (Å²) in [6.07, 6.45) is -4.64. The minimum atomic E-state index is -4.64. The Morgan fingerprint density at radius 3 is 2.25 bits per heavy atom. The molecule has 3 nitrogen and oxygen atoms in total. The van der Waals surface area contributed by atoms with Crippen LogP contribution in [-0.4, -0.2) is 16.2 Å². The number of halogens is 3. The van der Waals surface area contributed by atoms with E-state index < -0.39 is 23.3 Å². The van der Waals surface area contributed by atoms with Gasteiger partial charge in [-0.25, -0.2) is 4.79 Å². The number of aromatic carboxylic acids is 1. The zero-order valence-corrected chi connectivity index (χ0v) is 9.98. The summed E-state index contributed by atoms with van der Waals surface area (Å²) in [7, 11) is 0. The van der Waals surface area contributed by atoms with Gasteiger partial charge < -0.3 is 10.2 Å². The molecule has 0 aromatic heterocycles. The maximum atomic E-state index is 12.8. The zero-order chi connectivity index (χ0) is 14.9. The number of carbonyl (C=O) groups is 1. The fourth-order valence-electron chi connectivity index (χ4n) is 1.77. The molecular formula is C14H9F3O3. The van der Waals surface area contributed by atoms with Crippen LogP contribution in [0.25, 0.3) is 11.1 Å². The number of benzene rings is 2. The normalized spacial score (nSPS) is 11.3. The van der Waals surface area contributed by atoms with Gasteiger partial charge in [0.05, 0.1) is 11.1 Å². The fraction of sp³-hybridized carbons (Fsp3) is 0.0714. The lowest BCUT2D eigenvalue weighted by Gasteiger charge is -2.11. The molecule has 0 aliphatic heterocycles. The number of hydrogen-bond donors (Lipinski definition) is 2. The first kappa shape index (κ1) is 13.9. The highest BCUT2D eigenvalue weighted by Gasteiger charge is 2.31. The van der Waals surface area contributed by atoms with Gasteiger partial charge in [-0.05, 0) is 41.5 Å². The van der Waals surface area contributed by atoms with Gasteiger partial charge in [-0.3, -0.25) is 0 Å². The van der Waals surface area contributed by atoms with Crippen LogP contribution in [0.2, 0.25) is 0 Å². The number of hydrogen-bond acceptors (Lipinski definition) is 2. The van der Waals surface area contributed by atoms with Crippen LogP contribution in [0.15, 0.2) is 42.5 Å². The molecule has 2 N–H and O–H groups in total. The molecule has 104 valence electrons. The lowest BCUT2D eigenvalue weighted by atomic mass is 9.99. The van der Waals surface area contributed by atoms with E-state index in [1.165, 1.54) is 24.3 Å². The topological polar surface area (TPSA) is 57.5 Å². The molecule has 0 fully saturated rings. The van der Waals surface area contributed by atoms with Gasteiger partial charge in [0, 0.05) is 0 Å². The van der Waals surface area contributed by atoms with Gasteiger partial charge in [-0.15, -0.1) is 0 Å². The van der Waals surface area contributed by atoms with E-state index in [2.05, 4.69) is 0 Å². The van der Waals surface area contributed by atoms with E-state index in [9.17, 15) is 23.1 Å². The summed E-state index contributed by atoms with van der Waals surface area (Å²) in [5.41, 5.74) is -1.12. The summed E-state index contributed by atoms with van der Waals surface area (Å²) < 4.78 is 38.3. The van der Waals surface area contributed by atoms with Crippen molar-refractivity contribution in [1.82, 2.24) is 0 Å². The average molecular weight is 282 g/mol. The molecule has 0 saturated carbocycles. The van der Waals surface area contributed by atoms with Crippen molar-refractivity contribution in [2.24, 2.45) is 0 Å². The van der Waals surface area contributed by atoms with Crippen molar-refractivity contribution in [3.05, 3.63) is 53.6 Å². The quantitative estimate of drug-likeness (QED) is 0.881. The predicted molar refractivity (Wildman–Crippen MR) is 65.5 cm³/mol. The van der Waals surface area contributed by atoms with Crippen LogP contribution >= 0.6 is 0 Å². The summed E-state index contributed by atoms with van der Waals surface area (Å²) in [5.74, 6) is -1.56. The van der Waals surface area contributed by atoms with Crippen molar-refractivity contribution >= 4 is 5.97 Å². The lowest BCUT2D eigenvalue weighted by molar-refractivity contribution is -0.137. The van der Waals surface area contributed by atoms with Crippen molar-refractivity contribution in [3.63, 3.8) is 0 Å². The molecule has 0 radical (unpaired) electrons. The largest absolute Gasteiger partial charge is 0.508 e. The molecule has 2 aromatic carbocycles. The second-order valence-corrected chi connectivity index (χ2v) is 4.15. The first-order valence-corrected chi connectivity index (χ1v) is 5.52. The van der Waals surface area contributed by atoms with Crippen LogP contribution in [0.1, 0.15) is 15.9 Å². The molecule has 0 saturated heterocycles. The van der Waals surface area contributed by atoms with Crippen LogP contribution in [-0.2, 0) is 6.18 Å². The number of carboxylic acid groups (broad SMARTS) is 1. The molecule has 0 bridgehead atoms. The summed E-state index contributed by atoms with van der Waals surface area (Å²) >= 11 is 0. The van der Waals surface area contributed by atoms with Crippen LogP contribution in [0.3, 0.4) is 0 Å². The van der Waals surface area contributed by atoms with Crippen molar-refractivity contribution in [2.75, 3.05) is 0 Å². The molecule has 20 heavy (non-hydrogen) atoms. The van der Waals surface area contributed by atoms with E-state index in [4.69, 9.17) is 5.11 Å². The fourth-order valence-corrected chi connectivity index (χ4v) is 1.77. The van der Waals surface area contributed by atoms with Gasteiger partial charge in [0.15, 0.2) is 0 Å². The number of phenols is 1. The van der Waals surface area contributed by atoms with Gasteiger partial charge >= 0.3 is 12.1 Å². The van der Waals surface area contributed by atoms with Gasteiger partial charge in [-0.1, -0.05) is 12.1 Å². The first-order chi connectivity index (χ1) is 9.27. The van der Waals surface area contributed by atoms with Crippen molar-refractivity contribution < 1.29 is 28.2 Å². The SMILES string of the molecule is O=C(O)c1cc(-c2cccc(O)c2)cc(C(F)(F)F)c1. The minimum absolute atomic E-state index is 0.0770. The van der Waals surface area contributed by atoms with Crippen molar-refractivity contribution in [3.8, 4) is 16.9 Å². The van der Waals surface area contributed by atoms with Crippen LogP contribution in [0.5, 0.6) is 5.75 Å². The minimum Gasteiger partial charge on any atom is -0.508 e. The maximum absolute atomic E-state index is 12.8. The molecule has 2 aromatic rings. The number of carboxylic acids is 1. The van der Waals surface area contributed by atoms with Crippen LogP contribution < -0.4 is 0 Å². The molecule has 0 spiro atoms. The number of phenolic OH excluding ortho intramolecular Hbond substituents is 1. The Kier molecular flexibility index (Phi) is 3.40. The van der Waals surface area contributed by atoms with Gasteiger partial charge in [0.2, 0.25) is 0 Å². The molecular weight excluding hydrogens is 273 g/mol. The second-order valence-electron chi connectivity index (χ2n) is 4.15. The van der Waals surface area contributed by atoms with E-state index in [-0.39, 0.29) is 11.3 Å². The average Bonchev–Trinajstić information content (AvgIpc) is 2.37. The highest BCUT2D eigenvalue weighted by atomic mass is 19.4. The van der Waals surface area contributed by atoms with Crippen LogP contribution in [0.4, 0.5) is 13.2 Å². The Balaban J connectivity index is 2.64. The van der Waals surface area contributed by atoms with E-state index in [0.717, 1.165) is 12.1 Å². The predicted octanol–water partition coefficient (Wildman–Crippen LogP) is 3.78. The Bertz CT molecular complexity index is 663. The van der Waals surface area contributed by atoms with E-state index in [0.29, 0.717) is 11.6 Å². The number of rotatable bonds is 2. The first-order valence-electron chi connectivity index (χ1n) is 5.52. The molecule has 0 unspecified atom stereocenters. The smallest absolute Gasteiger partial charge is 0.416 e. The third-order valence-electron chi connectivity index (χ3n) is 2.69. The molecule has 0 heterocycles. The third-order valence-corrected chi connectivity index (χ3v) is 2.69. The van der Waals surface area contributed by atoms with E-state index in [1.807, 2.05) is 0 Å². The Morgan fingerprint density at radius 1 is 1.00 bits per heavy atom. The highest BCUT2D eigenvalue weighted by molar-refractivity contribution is 5.90. The maximum Gasteiger partial charge on any atom is 0.416 e. The summed E-state index contributed by atoms with van der Waals surface area (Å²) in [6.45, 7) is 0. The molecule has 0 atom stereocenters. The monoisotopic (exact) mass is 282 g/mol. The van der Waals surface area contributed by atoms with E-state index >= 15 is 0 Å². The van der Waals surface area contributed by atoms with E-state index in [1.54, 1.807) is 0 Å². The number of alkyl halides is 3. The van der Waals surface area contributed by atoms with Crippen molar-refractivity contribution in [2.45, 2.75) is 6.18 Å². The molecule has 2 rings (SSSR count). The second kappa shape index (κ2) is 4.88. The Labute approximate surface area is 111 Å². The van der Waals surface area contributed by atoms with Gasteiger partial charge in [-0.2, -0.15) is 13.2 Å². The molecule has 0 aliphatic rings. The van der Waals surface area contributed by atoms with Gasteiger partial charge in [0.25, 0.3) is 0 Å². The standard InChI is InChI=1S/C14H9F3O3/c15-14(16,17)11-5-9(4-10(6-11)13(19)20)8-2-1-3-12(18)7-8/h1-7,18H,(H,19,20).